The summed E-state index contributed by atoms with van der Waals surface area (Å²) in [5.41, 5.74) is 2.50. The molecule has 0 aliphatic rings. The predicted octanol–water partition coefficient (Wildman–Crippen LogP) is 6.48. The minimum atomic E-state index is -0.340. The van der Waals surface area contributed by atoms with E-state index in [1.165, 1.54) is 12.1 Å². The van der Waals surface area contributed by atoms with Gasteiger partial charge in [0.2, 0.25) is 0 Å². The fourth-order valence-corrected chi connectivity index (χ4v) is 4.66. The first-order valence-electron chi connectivity index (χ1n) is 8.93. The summed E-state index contributed by atoms with van der Waals surface area (Å²) in [5.74, 6) is 0.857. The summed E-state index contributed by atoms with van der Waals surface area (Å²) < 4.78 is 21.5. The quantitative estimate of drug-likeness (QED) is 0.305. The zero-order valence-electron chi connectivity index (χ0n) is 15.5. The van der Waals surface area contributed by atoms with Gasteiger partial charge in [0.15, 0.2) is 5.16 Å². The maximum Gasteiger partial charge on any atom is 0.173 e. The van der Waals surface area contributed by atoms with E-state index in [0.29, 0.717) is 23.1 Å². The summed E-state index contributed by atoms with van der Waals surface area (Å²) in [7, 11) is 0. The van der Waals surface area contributed by atoms with E-state index < -0.39 is 0 Å². The first-order valence-corrected chi connectivity index (χ1v) is 11.2. The minimum absolute atomic E-state index is 0.340. The Bertz CT molecular complexity index is 1100. The van der Waals surface area contributed by atoms with Gasteiger partial charge in [0, 0.05) is 33.9 Å². The van der Waals surface area contributed by atoms with Crippen LogP contribution < -0.4 is 4.74 Å². The van der Waals surface area contributed by atoms with Crippen LogP contribution in [0.5, 0.6) is 5.75 Å². The van der Waals surface area contributed by atoms with Gasteiger partial charge in [0.1, 0.15) is 16.6 Å². The van der Waals surface area contributed by atoms with Crippen molar-refractivity contribution in [3.8, 4) is 22.7 Å². The number of benzene rings is 2. The summed E-state index contributed by atoms with van der Waals surface area (Å²) in [6.07, 6.45) is 3.58. The molecule has 0 saturated carbocycles. The third-order valence-electron chi connectivity index (χ3n) is 4.14. The first kappa shape index (κ1) is 19.9. The molecule has 2 aromatic carbocycles. The molecule has 0 unspecified atom stereocenters. The van der Waals surface area contributed by atoms with Gasteiger partial charge in [0.25, 0.3) is 0 Å². The number of imidazole rings is 1. The maximum absolute atomic E-state index is 13.8. The number of hydrogen-bond donors (Lipinski definition) is 0. The van der Waals surface area contributed by atoms with Crippen molar-refractivity contribution in [3.63, 3.8) is 0 Å². The monoisotopic (exact) mass is 445 g/mol. The van der Waals surface area contributed by atoms with Gasteiger partial charge in [-0.3, -0.25) is 4.57 Å². The van der Waals surface area contributed by atoms with Crippen LogP contribution in [-0.2, 0) is 5.75 Å². The molecule has 8 heteroatoms. The lowest BCUT2D eigenvalue weighted by Crippen LogP contribution is -2.01. The van der Waals surface area contributed by atoms with Crippen LogP contribution in [0.1, 0.15) is 11.9 Å². The van der Waals surface area contributed by atoms with Crippen molar-refractivity contribution in [1.29, 1.82) is 0 Å². The highest BCUT2D eigenvalue weighted by molar-refractivity contribution is 7.98. The number of hydrogen-bond acceptors (Lipinski definition) is 5. The Balaban J connectivity index is 1.81. The van der Waals surface area contributed by atoms with Gasteiger partial charge in [-0.25, -0.2) is 14.4 Å². The Hall–Kier alpha value is -2.35. The van der Waals surface area contributed by atoms with Crippen molar-refractivity contribution in [1.82, 2.24) is 14.5 Å². The lowest BCUT2D eigenvalue weighted by molar-refractivity contribution is 0.339. The summed E-state index contributed by atoms with van der Waals surface area (Å²) in [6.45, 7) is 2.32. The van der Waals surface area contributed by atoms with Crippen molar-refractivity contribution in [2.45, 2.75) is 17.8 Å². The molecule has 0 radical (unpaired) electrons. The van der Waals surface area contributed by atoms with Crippen LogP contribution >= 0.6 is 34.7 Å². The third kappa shape index (κ3) is 4.47. The molecular weight excluding hydrogens is 429 g/mol. The molecule has 0 fully saturated rings. The van der Waals surface area contributed by atoms with Gasteiger partial charge < -0.3 is 4.74 Å². The van der Waals surface area contributed by atoms with Crippen molar-refractivity contribution < 1.29 is 9.13 Å². The fourth-order valence-electron chi connectivity index (χ4n) is 2.90. The molecule has 148 valence electrons. The second-order valence-corrected chi connectivity index (χ2v) is 8.38. The number of nitrogens with zero attached hydrogens (tertiary/aromatic N) is 3. The number of thioether (sulfide) groups is 1. The van der Waals surface area contributed by atoms with Crippen LogP contribution in [0, 0.1) is 5.82 Å². The van der Waals surface area contributed by atoms with Gasteiger partial charge in [-0.05, 0) is 43.3 Å². The van der Waals surface area contributed by atoms with Gasteiger partial charge in [-0.2, -0.15) is 0 Å². The maximum atomic E-state index is 13.8. The van der Waals surface area contributed by atoms with Gasteiger partial charge in [0.05, 0.1) is 24.3 Å². The van der Waals surface area contributed by atoms with E-state index in [1.54, 1.807) is 41.6 Å². The summed E-state index contributed by atoms with van der Waals surface area (Å²) >= 11 is 9.29. The van der Waals surface area contributed by atoms with Crippen molar-refractivity contribution in [3.05, 3.63) is 76.1 Å². The molecule has 0 aliphatic carbocycles. The normalized spacial score (nSPS) is 11.0. The minimum Gasteiger partial charge on any atom is -0.493 e. The topological polar surface area (TPSA) is 39.9 Å². The van der Waals surface area contributed by atoms with E-state index in [1.807, 2.05) is 41.1 Å². The Kier molecular flexibility index (Phi) is 6.18. The average molecular weight is 446 g/mol. The van der Waals surface area contributed by atoms with E-state index >= 15 is 0 Å². The van der Waals surface area contributed by atoms with Crippen LogP contribution in [0.15, 0.2) is 65.4 Å². The number of ether oxygens (including phenoxy) is 1. The summed E-state index contributed by atoms with van der Waals surface area (Å²) in [4.78, 5) is 8.97. The summed E-state index contributed by atoms with van der Waals surface area (Å²) in [5, 5.41) is 4.45. The average Bonchev–Trinajstić information content (AvgIpc) is 3.37. The fraction of sp³-hybridized carbons (Fsp3) is 0.143. The van der Waals surface area contributed by atoms with E-state index in [4.69, 9.17) is 16.3 Å². The lowest BCUT2D eigenvalue weighted by atomic mass is 10.1. The van der Waals surface area contributed by atoms with Crippen molar-refractivity contribution in [2.75, 3.05) is 6.61 Å². The van der Waals surface area contributed by atoms with Crippen LogP contribution in [-0.4, -0.2) is 21.1 Å². The molecule has 4 rings (SSSR count). The Morgan fingerprint density at radius 2 is 2.00 bits per heavy atom. The highest BCUT2D eigenvalue weighted by Crippen LogP contribution is 2.36. The molecule has 0 N–H and O–H groups in total. The molecule has 29 heavy (non-hydrogen) atoms. The molecule has 2 aromatic heterocycles. The highest BCUT2D eigenvalue weighted by atomic mass is 35.5. The Labute approximate surface area is 181 Å². The Morgan fingerprint density at radius 1 is 1.17 bits per heavy atom. The zero-order chi connectivity index (χ0) is 20.2. The molecule has 0 aliphatic heterocycles. The van der Waals surface area contributed by atoms with E-state index in [2.05, 4.69) is 9.97 Å². The number of thiazole rings is 1. The third-order valence-corrected chi connectivity index (χ3v) is 6.32. The SMILES string of the molecule is CCOc1cc(F)ccc1-c1cnc(SCc2nccs2)n1-c1ccc(Cl)cc1. The molecule has 4 nitrogen and oxygen atoms in total. The summed E-state index contributed by atoms with van der Waals surface area (Å²) in [6, 6.07) is 12.1. The molecule has 0 atom stereocenters. The molecular formula is C21H17ClFN3OS2. The smallest absolute Gasteiger partial charge is 0.173 e. The van der Waals surface area contributed by atoms with Crippen LogP contribution in [0.25, 0.3) is 16.9 Å². The van der Waals surface area contributed by atoms with Crippen LogP contribution in [0.2, 0.25) is 5.02 Å². The highest BCUT2D eigenvalue weighted by Gasteiger charge is 2.18. The molecule has 4 aromatic rings. The second kappa shape index (κ2) is 8.98. The largest absolute Gasteiger partial charge is 0.493 e. The van der Waals surface area contributed by atoms with Crippen LogP contribution in [0.4, 0.5) is 4.39 Å². The van der Waals surface area contributed by atoms with Crippen molar-refractivity contribution >= 4 is 34.7 Å². The van der Waals surface area contributed by atoms with E-state index in [-0.39, 0.29) is 5.82 Å². The molecule has 0 saturated heterocycles. The van der Waals surface area contributed by atoms with E-state index in [9.17, 15) is 4.39 Å². The Morgan fingerprint density at radius 3 is 2.72 bits per heavy atom. The standard InChI is InChI=1S/C21H17ClFN3OS2/c1-2-27-19-11-15(23)5-8-17(19)18-12-25-21(29-13-20-24-9-10-28-20)26(18)16-6-3-14(22)4-7-16/h3-12H,2,13H2,1H3. The molecule has 2 heterocycles. The van der Waals surface area contributed by atoms with Crippen LogP contribution in [0.3, 0.4) is 0 Å². The van der Waals surface area contributed by atoms with Gasteiger partial charge in [-0.1, -0.05) is 23.4 Å². The molecule has 0 bridgehead atoms. The zero-order valence-corrected chi connectivity index (χ0v) is 17.9. The number of halogens is 2. The number of aromatic nitrogens is 3. The molecule has 0 spiro atoms. The first-order chi connectivity index (χ1) is 14.2. The second-order valence-electron chi connectivity index (χ2n) is 6.03. The van der Waals surface area contributed by atoms with E-state index in [0.717, 1.165) is 27.1 Å². The van der Waals surface area contributed by atoms with Gasteiger partial charge in [-0.15, -0.1) is 11.3 Å². The lowest BCUT2D eigenvalue weighted by Gasteiger charge is -2.15. The number of rotatable bonds is 7. The van der Waals surface area contributed by atoms with Gasteiger partial charge >= 0.3 is 0 Å². The molecule has 0 amide bonds. The predicted molar refractivity (Wildman–Crippen MR) is 117 cm³/mol. The van der Waals surface area contributed by atoms with Crippen molar-refractivity contribution in [2.24, 2.45) is 0 Å².